The summed E-state index contributed by atoms with van der Waals surface area (Å²) in [7, 11) is -3.83. The molecule has 4 rings (SSSR count). The van der Waals surface area contributed by atoms with Crippen molar-refractivity contribution in [3.05, 3.63) is 66.0 Å². The fourth-order valence-corrected chi connectivity index (χ4v) is 4.57. The van der Waals surface area contributed by atoms with E-state index in [1.165, 1.54) is 16.1 Å². The summed E-state index contributed by atoms with van der Waals surface area (Å²) in [6.07, 6.45) is 6.20. The van der Waals surface area contributed by atoms with Crippen molar-refractivity contribution in [2.75, 3.05) is 13.1 Å². The predicted molar refractivity (Wildman–Crippen MR) is 108 cm³/mol. The average molecular weight is 396 g/mol. The second-order valence-electron chi connectivity index (χ2n) is 6.04. The number of carbonyl (C=O) groups is 1. The van der Waals surface area contributed by atoms with E-state index in [9.17, 15) is 8.42 Å². The van der Waals surface area contributed by atoms with Crippen LogP contribution in [0, 0.1) is 11.3 Å². The van der Waals surface area contributed by atoms with Crippen molar-refractivity contribution >= 4 is 33.4 Å². The molecule has 0 radical (unpaired) electrons. The Morgan fingerprint density at radius 1 is 1.25 bits per heavy atom. The van der Waals surface area contributed by atoms with Crippen molar-refractivity contribution in [1.82, 2.24) is 14.3 Å². The van der Waals surface area contributed by atoms with Crippen LogP contribution in [0.5, 0.6) is 0 Å². The van der Waals surface area contributed by atoms with Gasteiger partial charge in [-0.05, 0) is 48.9 Å². The first-order valence-electron chi connectivity index (χ1n) is 8.52. The van der Waals surface area contributed by atoms with E-state index < -0.39 is 10.0 Å². The summed E-state index contributed by atoms with van der Waals surface area (Å²) in [4.78, 5) is 12.5. The maximum atomic E-state index is 13.2. The summed E-state index contributed by atoms with van der Waals surface area (Å²) >= 11 is 0. The van der Waals surface area contributed by atoms with Crippen molar-refractivity contribution in [1.29, 1.82) is 5.26 Å². The number of fused-ring (bicyclic) bond motifs is 1. The van der Waals surface area contributed by atoms with E-state index in [2.05, 4.69) is 16.4 Å². The van der Waals surface area contributed by atoms with Gasteiger partial charge in [-0.25, -0.2) is 12.4 Å². The third-order valence-electron chi connectivity index (χ3n) is 4.46. The summed E-state index contributed by atoms with van der Waals surface area (Å²) in [5.41, 5.74) is 3.43. The largest absolute Gasteiger partial charge is 0.313 e. The van der Waals surface area contributed by atoms with Crippen LogP contribution in [-0.2, 0) is 14.8 Å². The van der Waals surface area contributed by atoms with Gasteiger partial charge < -0.3 is 10.1 Å². The number of aromatic nitrogens is 2. The van der Waals surface area contributed by atoms with Crippen molar-refractivity contribution in [3.63, 3.8) is 0 Å². The van der Waals surface area contributed by atoms with E-state index >= 15 is 0 Å². The Morgan fingerprint density at radius 2 is 2.07 bits per heavy atom. The molecule has 0 fully saturated rings. The summed E-state index contributed by atoms with van der Waals surface area (Å²) in [6.45, 7) is 3.61. The SMILES string of the molecule is C=O.N#Cc1cccc(S(=O)(=O)n2cc(C3=CCNCC3)c3ncccc32)c1.[HH]. The second-order valence-corrected chi connectivity index (χ2v) is 7.85. The zero-order chi connectivity index (χ0) is 20.1. The highest BCUT2D eigenvalue weighted by molar-refractivity contribution is 7.90. The zero-order valence-corrected chi connectivity index (χ0v) is 15.8. The minimum atomic E-state index is -3.83. The minimum absolute atomic E-state index is 0. The zero-order valence-electron chi connectivity index (χ0n) is 15.0. The number of nitrogens with zero attached hydrogens (tertiary/aromatic N) is 3. The van der Waals surface area contributed by atoms with Gasteiger partial charge >= 0.3 is 0 Å². The number of carbonyl (C=O) groups excluding carboxylic acids is 1. The lowest BCUT2D eigenvalue weighted by atomic mass is 10.0. The number of nitrogens with one attached hydrogen (secondary N) is 1. The first-order chi connectivity index (χ1) is 13.6. The fraction of sp³-hybridized carbons (Fsp3) is 0.150. The Labute approximate surface area is 164 Å². The number of pyridine rings is 1. The van der Waals surface area contributed by atoms with Crippen molar-refractivity contribution in [2.24, 2.45) is 0 Å². The highest BCUT2D eigenvalue weighted by atomic mass is 32.2. The normalized spacial score (nSPS) is 13.9. The van der Waals surface area contributed by atoms with Crippen molar-refractivity contribution in [2.45, 2.75) is 11.3 Å². The Bertz CT molecular complexity index is 1200. The van der Waals surface area contributed by atoms with E-state index in [0.29, 0.717) is 16.6 Å². The van der Waals surface area contributed by atoms with Gasteiger partial charge in [0.2, 0.25) is 0 Å². The number of benzene rings is 1. The van der Waals surface area contributed by atoms with Gasteiger partial charge in [0, 0.05) is 25.9 Å². The van der Waals surface area contributed by atoms with Gasteiger partial charge in [0.1, 0.15) is 6.79 Å². The van der Waals surface area contributed by atoms with Crippen LogP contribution in [0.15, 0.2) is 59.8 Å². The molecule has 0 aliphatic carbocycles. The summed E-state index contributed by atoms with van der Waals surface area (Å²) in [5.74, 6) is 0. The van der Waals surface area contributed by atoms with Gasteiger partial charge in [-0.1, -0.05) is 12.1 Å². The van der Waals surface area contributed by atoms with Gasteiger partial charge in [-0.15, -0.1) is 0 Å². The van der Waals surface area contributed by atoms with Crippen molar-refractivity contribution in [3.8, 4) is 6.07 Å². The monoisotopic (exact) mass is 396 g/mol. The van der Waals surface area contributed by atoms with Gasteiger partial charge in [-0.3, -0.25) is 4.98 Å². The molecule has 3 heterocycles. The minimum Gasteiger partial charge on any atom is -0.313 e. The Hall–Kier alpha value is -3.28. The summed E-state index contributed by atoms with van der Waals surface area (Å²) in [6, 6.07) is 11.5. The van der Waals surface area contributed by atoms with Gasteiger partial charge in [-0.2, -0.15) is 5.26 Å². The molecule has 0 spiro atoms. The summed E-state index contributed by atoms with van der Waals surface area (Å²) < 4.78 is 27.7. The highest BCUT2D eigenvalue weighted by Gasteiger charge is 2.23. The van der Waals surface area contributed by atoms with Crippen LogP contribution in [0.4, 0.5) is 0 Å². The molecule has 7 nitrogen and oxygen atoms in total. The molecule has 1 aliphatic rings. The molecule has 8 heteroatoms. The lowest BCUT2D eigenvalue weighted by Crippen LogP contribution is -2.20. The Balaban J connectivity index is 0.000000970. The molecule has 0 bridgehead atoms. The molecule has 1 aromatic carbocycles. The van der Waals surface area contributed by atoms with E-state index in [1.807, 2.05) is 12.9 Å². The third kappa shape index (κ3) is 3.45. The maximum Gasteiger partial charge on any atom is 0.268 e. The van der Waals surface area contributed by atoms with E-state index in [1.54, 1.807) is 36.7 Å². The average Bonchev–Trinajstić information content (AvgIpc) is 3.16. The molecule has 0 unspecified atom stereocenters. The molecular weight excluding hydrogens is 376 g/mol. The first-order valence-corrected chi connectivity index (χ1v) is 9.96. The van der Waals surface area contributed by atoms with Crippen LogP contribution in [0.25, 0.3) is 16.6 Å². The highest BCUT2D eigenvalue weighted by Crippen LogP contribution is 2.31. The number of hydrogen-bond donors (Lipinski definition) is 1. The van der Waals surface area contributed by atoms with Gasteiger partial charge in [0.15, 0.2) is 0 Å². The molecular formula is C20H20N4O3S. The molecule has 1 N–H and O–H groups in total. The number of nitriles is 1. The van der Waals surface area contributed by atoms with E-state index in [0.717, 1.165) is 30.6 Å². The lowest BCUT2D eigenvalue weighted by molar-refractivity contribution is -0.0979. The standard InChI is InChI=1S/C19H16N4O2S.CH2O.H2/c20-12-14-3-1-4-16(11-14)26(24,25)23-13-17(15-6-9-21-10-7-15)19-18(23)5-2-8-22-19;1-2;/h1-6,8,11,13,21H,7,9-10H2;1H2;1H. The fourth-order valence-electron chi connectivity index (χ4n) is 3.17. The first kappa shape index (κ1) is 19.5. The topological polar surface area (TPSA) is 105 Å². The van der Waals surface area contributed by atoms with Crippen LogP contribution in [0.2, 0.25) is 0 Å². The molecule has 0 atom stereocenters. The Morgan fingerprint density at radius 3 is 2.79 bits per heavy atom. The Kier molecular flexibility index (Phi) is 5.68. The molecule has 144 valence electrons. The number of rotatable bonds is 3. The maximum absolute atomic E-state index is 13.2. The van der Waals surface area contributed by atoms with Crippen LogP contribution in [0.3, 0.4) is 0 Å². The van der Waals surface area contributed by atoms with Crippen LogP contribution in [-0.4, -0.2) is 37.3 Å². The van der Waals surface area contributed by atoms with Gasteiger partial charge in [0.05, 0.1) is 27.6 Å². The molecule has 1 aliphatic heterocycles. The van der Waals surface area contributed by atoms with Gasteiger partial charge in [0.25, 0.3) is 10.0 Å². The molecule has 2 aromatic heterocycles. The van der Waals surface area contributed by atoms with Crippen molar-refractivity contribution < 1.29 is 14.6 Å². The predicted octanol–water partition coefficient (Wildman–Crippen LogP) is 2.58. The molecule has 0 saturated carbocycles. The van der Waals surface area contributed by atoms with E-state index in [-0.39, 0.29) is 6.32 Å². The molecule has 28 heavy (non-hydrogen) atoms. The second kappa shape index (κ2) is 8.17. The van der Waals surface area contributed by atoms with E-state index in [4.69, 9.17) is 10.1 Å². The molecule has 0 saturated heterocycles. The van der Waals surface area contributed by atoms with Crippen LogP contribution in [0.1, 0.15) is 19.0 Å². The van der Waals surface area contributed by atoms with Crippen LogP contribution < -0.4 is 5.32 Å². The smallest absolute Gasteiger partial charge is 0.268 e. The summed E-state index contributed by atoms with van der Waals surface area (Å²) in [5, 5.41) is 12.3. The molecule has 3 aromatic rings. The molecule has 0 amide bonds. The number of hydrogen-bond acceptors (Lipinski definition) is 6. The third-order valence-corrected chi connectivity index (χ3v) is 6.12. The lowest BCUT2D eigenvalue weighted by Gasteiger charge is -2.12. The quantitative estimate of drug-likeness (QED) is 0.730. The van der Waals surface area contributed by atoms with Crippen LogP contribution >= 0.6 is 0 Å².